The molecule has 18 nitrogen and oxygen atoms in total. The van der Waals surface area contributed by atoms with Crippen LogP contribution in [0.3, 0.4) is 0 Å². The van der Waals surface area contributed by atoms with E-state index in [1.807, 2.05) is 33.8 Å². The summed E-state index contributed by atoms with van der Waals surface area (Å²) in [5.41, 5.74) is 0.991. The lowest BCUT2D eigenvalue weighted by atomic mass is 9.83. The Balaban J connectivity index is 1.55. The molecule has 3 aromatic rings. The van der Waals surface area contributed by atoms with Crippen LogP contribution in [0.15, 0.2) is 62.5 Å². The number of amides is 1. The normalized spacial score (nSPS) is 25.2. The van der Waals surface area contributed by atoms with Crippen LogP contribution in [0.2, 0.25) is 0 Å². The number of allylic oxidation sites excluding steroid dienone is 1. The van der Waals surface area contributed by atoms with Crippen LogP contribution in [0, 0.1) is 29.6 Å². The number of aliphatic hydroxyl groups is 2. The largest absolute Gasteiger partial charge is 0.462 e. The minimum Gasteiger partial charge on any atom is -0.462 e. The van der Waals surface area contributed by atoms with Crippen molar-refractivity contribution >= 4 is 30.2 Å². The van der Waals surface area contributed by atoms with Crippen molar-refractivity contribution in [2.24, 2.45) is 29.6 Å². The summed E-state index contributed by atoms with van der Waals surface area (Å²) in [6.07, 6.45) is 10.6. The Morgan fingerprint density at radius 1 is 0.938 bits per heavy atom. The number of carbonyl (C=O) groups excluding carboxylic acids is 4. The van der Waals surface area contributed by atoms with Crippen molar-refractivity contribution in [2.45, 2.75) is 123 Å². The summed E-state index contributed by atoms with van der Waals surface area (Å²) in [5, 5.41) is 22.3. The molecule has 0 saturated heterocycles. The Labute approximate surface area is 380 Å². The fourth-order valence-electron chi connectivity index (χ4n) is 7.83. The van der Waals surface area contributed by atoms with E-state index in [4.69, 9.17) is 36.9 Å². The molecule has 0 radical (unpaired) electrons. The monoisotopic (exact) mass is 910 g/mol. The van der Waals surface area contributed by atoms with Crippen LogP contribution < -0.4 is 0 Å². The van der Waals surface area contributed by atoms with Gasteiger partial charge in [-0.2, -0.15) is 0 Å². The van der Waals surface area contributed by atoms with Crippen molar-refractivity contribution < 1.29 is 66.3 Å². The molecular formula is C47H66N4O14. The summed E-state index contributed by atoms with van der Waals surface area (Å²) in [6.45, 7) is 10.6. The van der Waals surface area contributed by atoms with E-state index in [9.17, 15) is 29.4 Å². The Hall–Kier alpha value is -5.27. The quantitative estimate of drug-likeness (QED) is 0.115. The number of esters is 2. The highest BCUT2D eigenvalue weighted by atomic mass is 16.6. The number of methoxy groups -OCH3 is 3. The maximum atomic E-state index is 13.5. The second-order valence-electron chi connectivity index (χ2n) is 16.9. The topological polar surface area (TPSA) is 236 Å². The van der Waals surface area contributed by atoms with Crippen molar-refractivity contribution in [3.8, 4) is 23.2 Å². The van der Waals surface area contributed by atoms with E-state index in [1.165, 1.54) is 49.9 Å². The molecule has 4 rings (SSSR count). The fraction of sp³-hybridized carbons (Fsp3) is 0.596. The van der Waals surface area contributed by atoms with Gasteiger partial charge in [-0.3, -0.25) is 19.2 Å². The van der Waals surface area contributed by atoms with Crippen molar-refractivity contribution in [1.29, 1.82) is 0 Å². The van der Waals surface area contributed by atoms with Gasteiger partial charge in [-0.25, -0.2) is 15.0 Å². The minimum absolute atomic E-state index is 0.00353. The Kier molecular flexibility index (Phi) is 20.5. The van der Waals surface area contributed by atoms with Gasteiger partial charge in [0.05, 0.1) is 36.8 Å². The van der Waals surface area contributed by atoms with Crippen LogP contribution in [0.4, 0.5) is 0 Å². The second-order valence-corrected chi connectivity index (χ2v) is 16.9. The summed E-state index contributed by atoms with van der Waals surface area (Å²) in [6, 6.07) is 0. The van der Waals surface area contributed by atoms with Gasteiger partial charge < -0.3 is 52.0 Å². The smallest absolute Gasteiger partial charge is 0.308 e. The summed E-state index contributed by atoms with van der Waals surface area (Å²) < 4.78 is 46.4. The zero-order valence-electron chi connectivity index (χ0n) is 39.0. The van der Waals surface area contributed by atoms with Crippen LogP contribution in [-0.2, 0) is 42.9 Å². The molecule has 4 heterocycles. The molecule has 0 saturated carbocycles. The maximum Gasteiger partial charge on any atom is 0.308 e. The summed E-state index contributed by atoms with van der Waals surface area (Å²) in [5.74, 6) is -2.79. The molecule has 0 aliphatic carbocycles. The third kappa shape index (κ3) is 15.1. The molecule has 65 heavy (non-hydrogen) atoms. The highest BCUT2D eigenvalue weighted by Gasteiger charge is 2.35. The molecule has 0 aromatic carbocycles. The van der Waals surface area contributed by atoms with Gasteiger partial charge in [-0.05, 0) is 43.8 Å². The number of cyclic esters (lactones) is 1. The van der Waals surface area contributed by atoms with E-state index < -0.39 is 66.5 Å². The molecule has 0 spiro atoms. The third-order valence-corrected chi connectivity index (χ3v) is 12.0. The number of hydrogen-bond acceptors (Lipinski definition) is 17. The van der Waals surface area contributed by atoms with Gasteiger partial charge >= 0.3 is 11.9 Å². The average Bonchev–Trinajstić information content (AvgIpc) is 4.08. The molecule has 1 aliphatic rings. The zero-order chi connectivity index (χ0) is 47.8. The molecule has 3 aromatic heterocycles. The fourth-order valence-corrected chi connectivity index (χ4v) is 7.83. The number of aromatic nitrogens is 3. The predicted molar refractivity (Wildman–Crippen MR) is 236 cm³/mol. The number of carbonyl (C=O) groups is 4. The first-order valence-corrected chi connectivity index (χ1v) is 21.9. The number of fused-ring (bicyclic) bond motifs is 8. The molecule has 1 amide bonds. The number of aliphatic hydroxyl groups excluding tert-OH is 2. The van der Waals surface area contributed by atoms with E-state index in [1.54, 1.807) is 46.5 Å². The Morgan fingerprint density at radius 3 is 2.29 bits per heavy atom. The molecule has 12 atom stereocenters. The Morgan fingerprint density at radius 2 is 1.62 bits per heavy atom. The van der Waals surface area contributed by atoms with Crippen molar-refractivity contribution in [2.75, 3.05) is 28.4 Å². The first kappa shape index (κ1) is 52.4. The SMILES string of the molecule is COC(CC1OC(=O)CC(O)C/C=C/C(=O)C(C)C(OC)c2coc(n2)-c2coc(n2)-c2coc(n2)/C=C/CC(OC)C1C)C(C)CCC(O)C(C)C(OC(C)=O)C(C)/C=C/N(C)C=O. The van der Waals surface area contributed by atoms with Gasteiger partial charge in [0.25, 0.3) is 0 Å². The standard InChI is InChI=1S/C47H66N4O14/c1-27(17-18-38(56)29(3)44(64-32(6)53)28(2)19-20-51(7)26-52)40(59-9)22-41-31(5)39(58-8)15-12-16-42-48-35(24-61-42)46-50-36(25-63-46)47-49-34(23-62-47)45(60-10)30(4)37(55)14-11-13-33(54)21-43(57)65-41/h11-12,14,16,19-20,23-31,33,38-41,44-45,54,56H,13,15,17-18,21-22H2,1-10H3/b14-11+,16-12+,20-19+. The summed E-state index contributed by atoms with van der Waals surface area (Å²) in [4.78, 5) is 64.7. The highest BCUT2D eigenvalue weighted by molar-refractivity contribution is 5.92. The Bertz CT molecular complexity index is 2060. The first-order chi connectivity index (χ1) is 31.0. The highest BCUT2D eigenvalue weighted by Crippen LogP contribution is 2.32. The van der Waals surface area contributed by atoms with Gasteiger partial charge in [-0.15, -0.1) is 0 Å². The van der Waals surface area contributed by atoms with Crippen LogP contribution in [0.1, 0.15) is 97.8 Å². The van der Waals surface area contributed by atoms with Crippen LogP contribution in [0.5, 0.6) is 0 Å². The van der Waals surface area contributed by atoms with Gasteiger partial charge in [0.2, 0.25) is 24.1 Å². The molecular weight excluding hydrogens is 845 g/mol. The molecule has 12 unspecified atom stereocenters. The van der Waals surface area contributed by atoms with Crippen molar-refractivity contribution in [1.82, 2.24) is 19.9 Å². The zero-order valence-corrected chi connectivity index (χ0v) is 39.0. The molecule has 2 N–H and O–H groups in total. The van der Waals surface area contributed by atoms with Gasteiger partial charge in [0.15, 0.2) is 17.2 Å². The summed E-state index contributed by atoms with van der Waals surface area (Å²) >= 11 is 0. The van der Waals surface area contributed by atoms with Gasteiger partial charge in [0.1, 0.15) is 42.8 Å². The lowest BCUT2D eigenvalue weighted by Gasteiger charge is -2.34. The predicted octanol–water partition coefficient (Wildman–Crippen LogP) is 6.54. The lowest BCUT2D eigenvalue weighted by molar-refractivity contribution is -0.159. The number of oxazole rings is 3. The van der Waals surface area contributed by atoms with E-state index in [-0.39, 0.29) is 60.5 Å². The number of ketones is 1. The third-order valence-electron chi connectivity index (χ3n) is 12.0. The van der Waals surface area contributed by atoms with Crippen LogP contribution >= 0.6 is 0 Å². The second kappa shape index (κ2) is 25.4. The lowest BCUT2D eigenvalue weighted by Crippen LogP contribution is -2.39. The van der Waals surface area contributed by atoms with Crippen LogP contribution in [-0.4, -0.2) is 119 Å². The summed E-state index contributed by atoms with van der Waals surface area (Å²) in [7, 11) is 6.19. The minimum atomic E-state index is -1.15. The van der Waals surface area contributed by atoms with Crippen molar-refractivity contribution in [3.63, 3.8) is 0 Å². The van der Waals surface area contributed by atoms with Crippen LogP contribution in [0.25, 0.3) is 29.2 Å². The maximum absolute atomic E-state index is 13.5. The van der Waals surface area contributed by atoms with Gasteiger partial charge in [-0.1, -0.05) is 52.8 Å². The molecule has 358 valence electrons. The van der Waals surface area contributed by atoms with E-state index in [2.05, 4.69) is 15.0 Å². The number of ether oxygens (including phenoxy) is 5. The number of nitrogens with zero attached hydrogens (tertiary/aromatic N) is 4. The average molecular weight is 911 g/mol. The molecule has 18 heteroatoms. The van der Waals surface area contributed by atoms with E-state index in [0.717, 1.165) is 0 Å². The van der Waals surface area contributed by atoms with Gasteiger partial charge in [0, 0.05) is 65.7 Å². The molecule has 6 bridgehead atoms. The molecule has 0 fully saturated rings. The number of hydrogen-bond donors (Lipinski definition) is 2. The number of rotatable bonds is 16. The first-order valence-electron chi connectivity index (χ1n) is 21.9. The van der Waals surface area contributed by atoms with E-state index in [0.29, 0.717) is 42.8 Å². The van der Waals surface area contributed by atoms with Crippen molar-refractivity contribution in [3.05, 3.63) is 60.9 Å². The molecule has 1 aliphatic heterocycles. The van der Waals surface area contributed by atoms with E-state index >= 15 is 0 Å².